The number of rotatable bonds is 3. The number of esters is 1. The number of fused-ring (bicyclic) bond motifs is 1. The summed E-state index contributed by atoms with van der Waals surface area (Å²) >= 11 is 6.08. The third-order valence-corrected chi connectivity index (χ3v) is 2.87. The Balaban J connectivity index is 2.55. The van der Waals surface area contributed by atoms with Gasteiger partial charge in [-0.2, -0.15) is 0 Å². The largest absolute Gasteiger partial charge is 0.423 e. The minimum Gasteiger partial charge on any atom is -0.423 e. The fraction of sp³-hybridized carbons (Fsp3) is 0.167. The molecule has 0 unspecified atom stereocenters. The van der Waals surface area contributed by atoms with E-state index in [0.29, 0.717) is 10.9 Å². The molecule has 0 atom stereocenters. The molecule has 0 N–H and O–H groups in total. The summed E-state index contributed by atoms with van der Waals surface area (Å²) in [5.74, 6) is -0.352. The van der Waals surface area contributed by atoms with Gasteiger partial charge < -0.3 is 4.74 Å². The number of carbonyl (C=O) groups excluding carboxylic acids is 1. The fourth-order valence-electron chi connectivity index (χ4n) is 1.51. The van der Waals surface area contributed by atoms with E-state index in [2.05, 4.69) is 4.98 Å². The molecule has 19 heavy (non-hydrogen) atoms. The molecule has 0 spiro atoms. The van der Waals surface area contributed by atoms with Gasteiger partial charge in [-0.05, 0) is 6.07 Å². The SMILES string of the molecule is CCC(=O)Oc1cnc2ccc([N+](=O)[O-])cc2c1Cl. The van der Waals surface area contributed by atoms with E-state index >= 15 is 0 Å². The van der Waals surface area contributed by atoms with Crippen molar-refractivity contribution in [2.24, 2.45) is 0 Å². The number of hydrogen-bond acceptors (Lipinski definition) is 5. The molecule has 0 amide bonds. The van der Waals surface area contributed by atoms with Crippen molar-refractivity contribution in [1.82, 2.24) is 4.98 Å². The second-order valence-electron chi connectivity index (χ2n) is 3.72. The van der Waals surface area contributed by atoms with Crippen LogP contribution in [-0.2, 0) is 4.79 Å². The molecule has 0 saturated carbocycles. The van der Waals surface area contributed by atoms with E-state index in [1.165, 1.54) is 24.4 Å². The van der Waals surface area contributed by atoms with Crippen LogP contribution in [0.1, 0.15) is 13.3 Å². The van der Waals surface area contributed by atoms with E-state index in [4.69, 9.17) is 16.3 Å². The predicted octanol–water partition coefficient (Wildman–Crippen LogP) is 3.11. The highest BCUT2D eigenvalue weighted by Gasteiger charge is 2.14. The van der Waals surface area contributed by atoms with E-state index in [1.54, 1.807) is 6.92 Å². The molecule has 7 heteroatoms. The van der Waals surface area contributed by atoms with Gasteiger partial charge in [-0.15, -0.1) is 0 Å². The van der Waals surface area contributed by atoms with Gasteiger partial charge in [0.25, 0.3) is 5.69 Å². The zero-order chi connectivity index (χ0) is 14.0. The van der Waals surface area contributed by atoms with Gasteiger partial charge in [0.15, 0.2) is 5.75 Å². The maximum atomic E-state index is 11.2. The first kappa shape index (κ1) is 13.2. The zero-order valence-electron chi connectivity index (χ0n) is 9.92. The van der Waals surface area contributed by atoms with Crippen molar-refractivity contribution in [2.75, 3.05) is 0 Å². The summed E-state index contributed by atoms with van der Waals surface area (Å²) in [5, 5.41) is 11.2. The van der Waals surface area contributed by atoms with Crippen LogP contribution in [0.15, 0.2) is 24.4 Å². The molecular weight excluding hydrogens is 272 g/mol. The second-order valence-corrected chi connectivity index (χ2v) is 4.10. The normalized spacial score (nSPS) is 10.4. The highest BCUT2D eigenvalue weighted by atomic mass is 35.5. The molecule has 0 bridgehead atoms. The third kappa shape index (κ3) is 2.63. The Labute approximate surface area is 113 Å². The van der Waals surface area contributed by atoms with Crippen molar-refractivity contribution in [3.63, 3.8) is 0 Å². The number of ether oxygens (including phenoxy) is 1. The summed E-state index contributed by atoms with van der Waals surface area (Å²) < 4.78 is 5.00. The molecule has 0 aliphatic rings. The summed E-state index contributed by atoms with van der Waals surface area (Å²) in [6.07, 6.45) is 1.52. The van der Waals surface area contributed by atoms with Crippen molar-refractivity contribution in [3.05, 3.63) is 39.5 Å². The monoisotopic (exact) mass is 280 g/mol. The van der Waals surface area contributed by atoms with Crippen LogP contribution in [-0.4, -0.2) is 15.9 Å². The standard InChI is InChI=1S/C12H9ClN2O4/c1-2-11(16)19-10-6-14-9-4-3-7(15(17)18)5-8(9)12(10)13/h3-6H,2H2,1H3. The van der Waals surface area contributed by atoms with Gasteiger partial charge in [-0.25, -0.2) is 0 Å². The summed E-state index contributed by atoms with van der Waals surface area (Å²) in [7, 11) is 0. The van der Waals surface area contributed by atoms with Gasteiger partial charge in [0, 0.05) is 23.9 Å². The Kier molecular flexibility index (Phi) is 3.62. The van der Waals surface area contributed by atoms with E-state index in [1.807, 2.05) is 0 Å². The van der Waals surface area contributed by atoms with Crippen molar-refractivity contribution in [3.8, 4) is 5.75 Å². The van der Waals surface area contributed by atoms with Crippen LogP contribution in [0.25, 0.3) is 10.9 Å². The van der Waals surface area contributed by atoms with Crippen LogP contribution >= 0.6 is 11.6 Å². The topological polar surface area (TPSA) is 82.3 Å². The lowest BCUT2D eigenvalue weighted by atomic mass is 10.2. The predicted molar refractivity (Wildman–Crippen MR) is 69.3 cm³/mol. The molecule has 0 saturated heterocycles. The first-order valence-electron chi connectivity index (χ1n) is 5.46. The lowest BCUT2D eigenvalue weighted by Crippen LogP contribution is -2.06. The smallest absolute Gasteiger partial charge is 0.311 e. The average Bonchev–Trinajstić information content (AvgIpc) is 2.41. The number of aromatic nitrogens is 1. The van der Waals surface area contributed by atoms with Gasteiger partial charge in [0.1, 0.15) is 0 Å². The Morgan fingerprint density at radius 1 is 1.53 bits per heavy atom. The molecule has 6 nitrogen and oxygen atoms in total. The number of nitro benzene ring substituents is 1. The Bertz CT molecular complexity index is 672. The maximum Gasteiger partial charge on any atom is 0.311 e. The highest BCUT2D eigenvalue weighted by molar-refractivity contribution is 6.37. The summed E-state index contributed by atoms with van der Waals surface area (Å²) in [6, 6.07) is 4.13. The van der Waals surface area contributed by atoms with E-state index in [9.17, 15) is 14.9 Å². The zero-order valence-corrected chi connectivity index (χ0v) is 10.7. The number of non-ortho nitro benzene ring substituents is 1. The fourth-order valence-corrected chi connectivity index (χ4v) is 1.75. The van der Waals surface area contributed by atoms with Crippen LogP contribution in [0.5, 0.6) is 5.75 Å². The molecule has 2 rings (SSSR count). The average molecular weight is 281 g/mol. The maximum absolute atomic E-state index is 11.2. The van der Waals surface area contributed by atoms with Gasteiger partial charge in [0.05, 0.1) is 21.7 Å². The Morgan fingerprint density at radius 3 is 2.89 bits per heavy atom. The highest BCUT2D eigenvalue weighted by Crippen LogP contribution is 2.33. The first-order chi connectivity index (χ1) is 9.02. The summed E-state index contributed by atoms with van der Waals surface area (Å²) in [6.45, 7) is 1.65. The first-order valence-corrected chi connectivity index (χ1v) is 5.84. The number of halogens is 1. The quantitative estimate of drug-likeness (QED) is 0.490. The van der Waals surface area contributed by atoms with E-state index in [0.717, 1.165) is 0 Å². The number of nitrogens with zero attached hydrogens (tertiary/aromatic N) is 2. The van der Waals surface area contributed by atoms with Crippen molar-refractivity contribution in [2.45, 2.75) is 13.3 Å². The van der Waals surface area contributed by atoms with Gasteiger partial charge in [-0.1, -0.05) is 18.5 Å². The molecule has 98 valence electrons. The summed E-state index contributed by atoms with van der Waals surface area (Å²) in [4.78, 5) is 25.5. The van der Waals surface area contributed by atoms with Gasteiger partial charge in [-0.3, -0.25) is 19.9 Å². The number of hydrogen-bond donors (Lipinski definition) is 0. The molecule has 0 aliphatic carbocycles. The molecule has 1 aromatic heterocycles. The summed E-state index contributed by atoms with van der Waals surface area (Å²) in [5.41, 5.74) is 0.391. The van der Waals surface area contributed by atoms with Crippen LogP contribution < -0.4 is 4.74 Å². The number of nitro groups is 1. The van der Waals surface area contributed by atoms with E-state index < -0.39 is 10.9 Å². The Hall–Kier alpha value is -2.21. The molecule has 1 aromatic carbocycles. The lowest BCUT2D eigenvalue weighted by molar-refractivity contribution is -0.384. The molecule has 0 aliphatic heterocycles. The van der Waals surface area contributed by atoms with Gasteiger partial charge >= 0.3 is 5.97 Å². The molecule has 0 radical (unpaired) electrons. The third-order valence-electron chi connectivity index (χ3n) is 2.48. The van der Waals surface area contributed by atoms with E-state index in [-0.39, 0.29) is 22.9 Å². The van der Waals surface area contributed by atoms with Crippen molar-refractivity contribution >= 4 is 34.2 Å². The van der Waals surface area contributed by atoms with Gasteiger partial charge in [0.2, 0.25) is 0 Å². The van der Waals surface area contributed by atoms with Crippen molar-refractivity contribution in [1.29, 1.82) is 0 Å². The van der Waals surface area contributed by atoms with Crippen LogP contribution in [0.2, 0.25) is 5.02 Å². The molecular formula is C12H9ClN2O4. The minimum absolute atomic E-state index is 0.0986. The molecule has 2 aromatic rings. The Morgan fingerprint density at radius 2 is 2.26 bits per heavy atom. The number of benzene rings is 1. The number of carbonyl (C=O) groups is 1. The van der Waals surface area contributed by atoms with Crippen LogP contribution in [0.3, 0.4) is 0 Å². The molecule has 0 fully saturated rings. The van der Waals surface area contributed by atoms with Crippen LogP contribution in [0.4, 0.5) is 5.69 Å². The second kappa shape index (κ2) is 5.19. The van der Waals surface area contributed by atoms with Crippen LogP contribution in [0, 0.1) is 10.1 Å². The lowest BCUT2D eigenvalue weighted by Gasteiger charge is -2.07. The molecule has 1 heterocycles. The van der Waals surface area contributed by atoms with Crippen molar-refractivity contribution < 1.29 is 14.5 Å². The number of pyridine rings is 1. The minimum atomic E-state index is -0.527.